The van der Waals surface area contributed by atoms with Crippen LogP contribution in [0.1, 0.15) is 21.7 Å². The number of rotatable bonds is 3. The molecule has 0 aliphatic heterocycles. The Labute approximate surface area is 86.9 Å². The third-order valence-corrected chi connectivity index (χ3v) is 3.28. The van der Waals surface area contributed by atoms with E-state index in [1.54, 1.807) is 0 Å². The van der Waals surface area contributed by atoms with Gasteiger partial charge in [0.15, 0.2) is 0 Å². The van der Waals surface area contributed by atoms with Crippen LogP contribution in [-0.4, -0.2) is 27.1 Å². The number of thiol groups is 1. The van der Waals surface area contributed by atoms with Crippen LogP contribution < -0.4 is 0 Å². The zero-order chi connectivity index (χ0) is 10.0. The van der Waals surface area contributed by atoms with Crippen molar-refractivity contribution in [2.45, 2.75) is 26.1 Å². The van der Waals surface area contributed by atoms with Gasteiger partial charge < -0.3 is 10.2 Å². The fraction of sp³-hybridized carbons (Fsp3) is 0.625. The summed E-state index contributed by atoms with van der Waals surface area (Å²) >= 11 is 5.33. The third kappa shape index (κ3) is 2.43. The summed E-state index contributed by atoms with van der Waals surface area (Å²) in [5.74, 6) is 0.248. The second-order valence-electron chi connectivity index (χ2n) is 2.88. The Morgan fingerprint density at radius 2 is 2.08 bits per heavy atom. The molecule has 0 spiro atoms. The fourth-order valence-corrected chi connectivity index (χ4v) is 2.27. The van der Waals surface area contributed by atoms with Crippen molar-refractivity contribution in [3.63, 3.8) is 0 Å². The fourth-order valence-electron chi connectivity index (χ4n) is 1.10. The lowest BCUT2D eigenvalue weighted by molar-refractivity contribution is 0.0355. The molecule has 0 bridgehead atoms. The van der Waals surface area contributed by atoms with Gasteiger partial charge in [0.1, 0.15) is 6.10 Å². The number of aromatic nitrogens is 1. The number of aryl methyl sites for hydroxylation is 2. The van der Waals surface area contributed by atoms with Crippen molar-refractivity contribution >= 4 is 24.0 Å². The predicted octanol–water partition coefficient (Wildman–Crippen LogP) is 1.08. The summed E-state index contributed by atoms with van der Waals surface area (Å²) in [6.07, 6.45) is -1.68. The second-order valence-corrected chi connectivity index (χ2v) is 4.48. The minimum atomic E-state index is -0.858. The lowest BCUT2D eigenvalue weighted by atomic mass is 10.2. The van der Waals surface area contributed by atoms with Crippen LogP contribution in [0.5, 0.6) is 0 Å². The van der Waals surface area contributed by atoms with E-state index < -0.39 is 12.2 Å². The zero-order valence-electron chi connectivity index (χ0n) is 7.56. The molecule has 3 nitrogen and oxygen atoms in total. The van der Waals surface area contributed by atoms with Gasteiger partial charge >= 0.3 is 0 Å². The van der Waals surface area contributed by atoms with Crippen LogP contribution in [0.4, 0.5) is 0 Å². The Kier molecular flexibility index (Phi) is 3.73. The highest BCUT2D eigenvalue weighted by molar-refractivity contribution is 7.80. The van der Waals surface area contributed by atoms with Gasteiger partial charge in [0, 0.05) is 5.75 Å². The molecule has 13 heavy (non-hydrogen) atoms. The van der Waals surface area contributed by atoms with Gasteiger partial charge in [-0.2, -0.15) is 12.6 Å². The van der Waals surface area contributed by atoms with Crippen LogP contribution in [0, 0.1) is 13.8 Å². The normalized spacial score (nSPS) is 15.8. The number of hydrogen-bond acceptors (Lipinski definition) is 5. The molecule has 0 fully saturated rings. The van der Waals surface area contributed by atoms with Crippen LogP contribution >= 0.6 is 24.0 Å². The van der Waals surface area contributed by atoms with Crippen molar-refractivity contribution in [1.29, 1.82) is 0 Å². The summed E-state index contributed by atoms with van der Waals surface area (Å²) in [5.41, 5.74) is 0.788. The minimum Gasteiger partial charge on any atom is -0.389 e. The molecule has 0 saturated heterocycles. The molecule has 74 valence electrons. The molecule has 1 rings (SSSR count). The molecule has 2 unspecified atom stereocenters. The second kappa shape index (κ2) is 4.41. The molecule has 0 aliphatic carbocycles. The van der Waals surface area contributed by atoms with Crippen molar-refractivity contribution in [1.82, 2.24) is 4.98 Å². The van der Waals surface area contributed by atoms with Gasteiger partial charge in [-0.25, -0.2) is 4.98 Å². The zero-order valence-corrected chi connectivity index (χ0v) is 9.27. The van der Waals surface area contributed by atoms with Gasteiger partial charge in [-0.1, -0.05) is 0 Å². The van der Waals surface area contributed by atoms with E-state index >= 15 is 0 Å². The third-order valence-electron chi connectivity index (χ3n) is 1.76. The lowest BCUT2D eigenvalue weighted by Crippen LogP contribution is -2.19. The molecular weight excluding hydrogens is 206 g/mol. The first-order chi connectivity index (χ1) is 6.06. The summed E-state index contributed by atoms with van der Waals surface area (Å²) in [6, 6.07) is 0. The number of thiazole rings is 1. The summed E-state index contributed by atoms with van der Waals surface area (Å²) in [7, 11) is 0. The maximum absolute atomic E-state index is 9.65. The van der Waals surface area contributed by atoms with E-state index in [0.29, 0.717) is 0 Å². The van der Waals surface area contributed by atoms with Crippen LogP contribution in [0.3, 0.4) is 0 Å². The van der Waals surface area contributed by atoms with E-state index in [1.807, 2.05) is 13.8 Å². The van der Waals surface area contributed by atoms with Crippen molar-refractivity contribution in [2.24, 2.45) is 0 Å². The molecule has 5 heteroatoms. The van der Waals surface area contributed by atoms with E-state index in [9.17, 15) is 10.2 Å². The molecular formula is C8H13NO2S2. The summed E-state index contributed by atoms with van der Waals surface area (Å²) in [4.78, 5) is 4.91. The van der Waals surface area contributed by atoms with Gasteiger partial charge in [0.25, 0.3) is 0 Å². The first kappa shape index (κ1) is 11.0. The van der Waals surface area contributed by atoms with Gasteiger partial charge in [0.2, 0.25) is 0 Å². The molecule has 0 amide bonds. The Balaban J connectivity index is 2.87. The number of nitrogens with zero attached hydrogens (tertiary/aromatic N) is 1. The van der Waals surface area contributed by atoms with E-state index in [4.69, 9.17) is 0 Å². The van der Waals surface area contributed by atoms with Crippen LogP contribution in [0.25, 0.3) is 0 Å². The predicted molar refractivity (Wildman–Crippen MR) is 56.4 cm³/mol. The molecule has 0 saturated carbocycles. The van der Waals surface area contributed by atoms with Crippen molar-refractivity contribution in [2.75, 3.05) is 5.75 Å². The monoisotopic (exact) mass is 219 g/mol. The highest BCUT2D eigenvalue weighted by Crippen LogP contribution is 2.27. The number of aliphatic hydroxyl groups excluding tert-OH is 2. The highest BCUT2D eigenvalue weighted by Gasteiger charge is 2.21. The minimum absolute atomic E-state index is 0.248. The SMILES string of the molecule is Cc1nc(C)c(C(O)C(O)CS)s1. The van der Waals surface area contributed by atoms with Crippen LogP contribution in [0.2, 0.25) is 0 Å². The highest BCUT2D eigenvalue weighted by atomic mass is 32.1. The largest absolute Gasteiger partial charge is 0.389 e. The topological polar surface area (TPSA) is 53.4 Å². The van der Waals surface area contributed by atoms with E-state index in [0.717, 1.165) is 15.6 Å². The lowest BCUT2D eigenvalue weighted by Gasteiger charge is -2.14. The maximum atomic E-state index is 9.65. The average molecular weight is 219 g/mol. The smallest absolute Gasteiger partial charge is 0.117 e. The van der Waals surface area contributed by atoms with Gasteiger partial charge in [0.05, 0.1) is 21.7 Å². The van der Waals surface area contributed by atoms with E-state index in [-0.39, 0.29) is 5.75 Å². The Morgan fingerprint density at radius 1 is 1.46 bits per heavy atom. The van der Waals surface area contributed by atoms with Gasteiger partial charge in [-0.15, -0.1) is 11.3 Å². The molecule has 2 N–H and O–H groups in total. The molecule has 2 atom stereocenters. The van der Waals surface area contributed by atoms with Crippen LogP contribution in [-0.2, 0) is 0 Å². The molecule has 1 heterocycles. The molecule has 1 aromatic heterocycles. The maximum Gasteiger partial charge on any atom is 0.117 e. The molecule has 0 aromatic carbocycles. The average Bonchev–Trinajstić information content (AvgIpc) is 2.42. The summed E-state index contributed by atoms with van der Waals surface area (Å²) < 4.78 is 0. The van der Waals surface area contributed by atoms with Crippen molar-refractivity contribution < 1.29 is 10.2 Å². The first-order valence-corrected chi connectivity index (χ1v) is 5.42. The van der Waals surface area contributed by atoms with Crippen molar-refractivity contribution in [3.05, 3.63) is 15.6 Å². The standard InChI is InChI=1S/C8H13NO2S2/c1-4-8(13-5(2)9-4)7(11)6(10)3-12/h6-7,10-12H,3H2,1-2H3. The Morgan fingerprint density at radius 3 is 2.46 bits per heavy atom. The summed E-state index contributed by atoms with van der Waals surface area (Å²) in [5, 5.41) is 19.9. The van der Waals surface area contributed by atoms with Gasteiger partial charge in [-0.05, 0) is 13.8 Å². The number of aliphatic hydroxyl groups is 2. The number of hydrogen-bond donors (Lipinski definition) is 3. The first-order valence-electron chi connectivity index (χ1n) is 3.97. The van der Waals surface area contributed by atoms with E-state index in [1.165, 1.54) is 11.3 Å². The molecule has 0 aliphatic rings. The molecule has 1 aromatic rings. The summed E-state index contributed by atoms with van der Waals surface area (Å²) in [6.45, 7) is 3.70. The Hall–Kier alpha value is -0.100. The van der Waals surface area contributed by atoms with Gasteiger partial charge in [-0.3, -0.25) is 0 Å². The van der Waals surface area contributed by atoms with Crippen molar-refractivity contribution in [3.8, 4) is 0 Å². The quantitative estimate of drug-likeness (QED) is 0.667. The molecule has 0 radical (unpaired) electrons. The Bertz CT molecular complexity index is 288. The van der Waals surface area contributed by atoms with Crippen LogP contribution in [0.15, 0.2) is 0 Å². The van der Waals surface area contributed by atoms with E-state index in [2.05, 4.69) is 17.6 Å².